The number of amides is 1. The molecule has 29 heavy (non-hydrogen) atoms. The zero-order valence-corrected chi connectivity index (χ0v) is 18.1. The molecule has 0 aromatic carbocycles. The van der Waals surface area contributed by atoms with Gasteiger partial charge in [0.05, 0.1) is 13.5 Å². The van der Waals surface area contributed by atoms with E-state index in [1.54, 1.807) is 20.8 Å². The van der Waals surface area contributed by atoms with Crippen molar-refractivity contribution in [3.63, 3.8) is 0 Å². The van der Waals surface area contributed by atoms with Gasteiger partial charge in [-0.1, -0.05) is 19.3 Å². The van der Waals surface area contributed by atoms with Gasteiger partial charge in [0, 0.05) is 18.3 Å². The highest BCUT2D eigenvalue weighted by molar-refractivity contribution is 5.89. The Balaban J connectivity index is 2.02. The normalized spacial score (nSPS) is 21.8. The number of hydrogen-bond donors (Lipinski definition) is 1. The van der Waals surface area contributed by atoms with Crippen LogP contribution in [0.2, 0.25) is 0 Å². The van der Waals surface area contributed by atoms with Crippen molar-refractivity contribution in [3.8, 4) is 0 Å². The van der Waals surface area contributed by atoms with Crippen molar-refractivity contribution in [1.82, 2.24) is 5.32 Å². The topological polar surface area (TPSA) is 98.8 Å². The quantitative estimate of drug-likeness (QED) is 0.588. The summed E-state index contributed by atoms with van der Waals surface area (Å²) in [7, 11) is 1.27. The Morgan fingerprint density at radius 3 is 2.34 bits per heavy atom. The first-order valence-electron chi connectivity index (χ1n) is 10.7. The molecule has 0 bridgehead atoms. The van der Waals surface area contributed by atoms with E-state index in [4.69, 9.17) is 9.47 Å². The monoisotopic (exact) mass is 409 g/mol. The minimum absolute atomic E-state index is 0.0180. The predicted molar refractivity (Wildman–Crippen MR) is 107 cm³/mol. The van der Waals surface area contributed by atoms with Crippen molar-refractivity contribution >= 4 is 23.6 Å². The summed E-state index contributed by atoms with van der Waals surface area (Å²) in [5, 5.41) is 2.76. The lowest BCUT2D eigenvalue weighted by Crippen LogP contribution is -2.46. The van der Waals surface area contributed by atoms with Crippen LogP contribution in [0.3, 0.4) is 0 Å². The largest absolute Gasteiger partial charge is 0.467 e. The Labute approximate surface area is 173 Å². The zero-order chi connectivity index (χ0) is 21.6. The number of rotatable bonds is 9. The van der Waals surface area contributed by atoms with E-state index in [1.165, 1.54) is 7.11 Å². The van der Waals surface area contributed by atoms with Crippen molar-refractivity contribution in [2.45, 2.75) is 90.2 Å². The second kappa shape index (κ2) is 10.2. The summed E-state index contributed by atoms with van der Waals surface area (Å²) >= 11 is 0. The number of carbonyl (C=O) groups is 4. The molecule has 2 aliphatic carbocycles. The summed E-state index contributed by atoms with van der Waals surface area (Å²) in [6.45, 7) is 5.36. The van der Waals surface area contributed by atoms with Crippen LogP contribution in [-0.2, 0) is 28.7 Å². The Morgan fingerprint density at radius 1 is 1.10 bits per heavy atom. The average Bonchev–Trinajstić information content (AvgIpc) is 3.44. The van der Waals surface area contributed by atoms with Gasteiger partial charge in [-0.2, -0.15) is 0 Å². The molecule has 0 aromatic rings. The third kappa shape index (κ3) is 8.15. The van der Waals surface area contributed by atoms with Gasteiger partial charge in [-0.25, -0.2) is 4.79 Å². The summed E-state index contributed by atoms with van der Waals surface area (Å²) in [6, 6.07) is -0.875. The molecular weight excluding hydrogens is 374 g/mol. The standard InChI is InChI=1S/C22H35NO6/c1-22(2,3)29-19(25)13-16(11-14-9-10-14)20(26)23-17(21(27)28-4)12-15-7-5-6-8-18(15)24/h14-17H,5-13H2,1-4H3,(H,23,26)/t15-,16+,17-/m0/s1. The first-order valence-corrected chi connectivity index (χ1v) is 10.7. The van der Waals surface area contributed by atoms with E-state index in [9.17, 15) is 19.2 Å². The van der Waals surface area contributed by atoms with Gasteiger partial charge in [-0.3, -0.25) is 14.4 Å². The Kier molecular flexibility index (Phi) is 8.23. The number of methoxy groups -OCH3 is 1. The van der Waals surface area contributed by atoms with Crippen molar-refractivity contribution in [2.75, 3.05) is 7.11 Å². The molecule has 0 aliphatic heterocycles. The lowest BCUT2D eigenvalue weighted by molar-refractivity contribution is -0.157. The first kappa shape index (κ1) is 23.4. The van der Waals surface area contributed by atoms with Crippen LogP contribution >= 0.6 is 0 Å². The first-order chi connectivity index (χ1) is 13.6. The molecule has 2 aliphatic rings. The smallest absolute Gasteiger partial charge is 0.328 e. The van der Waals surface area contributed by atoms with Gasteiger partial charge in [0.15, 0.2) is 0 Å². The Morgan fingerprint density at radius 2 is 1.79 bits per heavy atom. The van der Waals surface area contributed by atoms with Crippen molar-refractivity contribution < 1.29 is 28.7 Å². The van der Waals surface area contributed by atoms with Crippen LogP contribution in [0, 0.1) is 17.8 Å². The molecule has 1 N–H and O–H groups in total. The van der Waals surface area contributed by atoms with Crippen LogP contribution in [0.15, 0.2) is 0 Å². The summed E-state index contributed by atoms with van der Waals surface area (Å²) in [5.41, 5.74) is -0.617. The average molecular weight is 410 g/mol. The van der Waals surface area contributed by atoms with E-state index in [0.29, 0.717) is 18.8 Å². The van der Waals surface area contributed by atoms with E-state index in [1.807, 2.05) is 0 Å². The van der Waals surface area contributed by atoms with Crippen LogP contribution < -0.4 is 5.32 Å². The highest BCUT2D eigenvalue weighted by atomic mass is 16.6. The molecular formula is C22H35NO6. The maximum Gasteiger partial charge on any atom is 0.328 e. The number of esters is 2. The predicted octanol–water partition coefficient (Wildman–Crippen LogP) is 2.94. The molecule has 0 unspecified atom stereocenters. The molecule has 7 heteroatoms. The highest BCUT2D eigenvalue weighted by Crippen LogP contribution is 2.36. The molecule has 2 rings (SSSR count). The molecule has 0 aromatic heterocycles. The number of nitrogens with one attached hydrogen (secondary N) is 1. The molecule has 164 valence electrons. The second-order valence-corrected chi connectivity index (χ2v) is 9.40. The van der Waals surface area contributed by atoms with Gasteiger partial charge in [0.1, 0.15) is 17.4 Å². The fraction of sp³-hybridized carbons (Fsp3) is 0.818. The van der Waals surface area contributed by atoms with Crippen molar-refractivity contribution in [1.29, 1.82) is 0 Å². The molecule has 7 nitrogen and oxygen atoms in total. The lowest BCUT2D eigenvalue weighted by atomic mass is 9.83. The van der Waals surface area contributed by atoms with Crippen LogP contribution in [0.5, 0.6) is 0 Å². The molecule has 1 amide bonds. The molecule has 0 radical (unpaired) electrons. The van der Waals surface area contributed by atoms with E-state index < -0.39 is 29.5 Å². The Bertz CT molecular complexity index is 619. The second-order valence-electron chi connectivity index (χ2n) is 9.40. The van der Waals surface area contributed by atoms with E-state index in [2.05, 4.69) is 5.32 Å². The van der Waals surface area contributed by atoms with E-state index in [0.717, 1.165) is 32.1 Å². The Hall–Kier alpha value is -1.92. The zero-order valence-electron chi connectivity index (χ0n) is 18.1. The highest BCUT2D eigenvalue weighted by Gasteiger charge is 2.35. The number of carbonyl (C=O) groups excluding carboxylic acids is 4. The van der Waals surface area contributed by atoms with Crippen molar-refractivity contribution in [2.24, 2.45) is 17.8 Å². The summed E-state index contributed by atoms with van der Waals surface area (Å²) in [5.74, 6) is -1.53. The van der Waals surface area contributed by atoms with Gasteiger partial charge in [0.2, 0.25) is 5.91 Å². The van der Waals surface area contributed by atoms with E-state index >= 15 is 0 Å². The minimum Gasteiger partial charge on any atom is -0.467 e. The van der Waals surface area contributed by atoms with Crippen LogP contribution in [0.1, 0.15) is 78.6 Å². The van der Waals surface area contributed by atoms with Gasteiger partial charge < -0.3 is 14.8 Å². The lowest BCUT2D eigenvalue weighted by Gasteiger charge is -2.26. The number of hydrogen-bond acceptors (Lipinski definition) is 6. The molecule has 0 spiro atoms. The van der Waals surface area contributed by atoms with Gasteiger partial charge in [-0.05, 0) is 52.4 Å². The number of ketones is 1. The summed E-state index contributed by atoms with van der Waals surface area (Å²) < 4.78 is 10.2. The minimum atomic E-state index is -0.875. The SMILES string of the molecule is COC(=O)[C@H](C[C@@H]1CCCCC1=O)NC(=O)[C@@H](CC(=O)OC(C)(C)C)CC1CC1. The summed E-state index contributed by atoms with van der Waals surface area (Å²) in [6.07, 6.45) is 6.01. The third-order valence-electron chi connectivity index (χ3n) is 5.52. The number of Topliss-reactive ketones (excluding diaryl/α,β-unsaturated/α-hetero) is 1. The molecule has 3 atom stereocenters. The van der Waals surface area contributed by atoms with Crippen molar-refractivity contribution in [3.05, 3.63) is 0 Å². The van der Waals surface area contributed by atoms with Gasteiger partial charge >= 0.3 is 11.9 Å². The van der Waals surface area contributed by atoms with Gasteiger partial charge in [0.25, 0.3) is 0 Å². The van der Waals surface area contributed by atoms with Gasteiger partial charge in [-0.15, -0.1) is 0 Å². The fourth-order valence-electron chi connectivity index (χ4n) is 3.86. The fourth-order valence-corrected chi connectivity index (χ4v) is 3.86. The maximum absolute atomic E-state index is 12.9. The molecule has 0 heterocycles. The molecule has 2 saturated carbocycles. The summed E-state index contributed by atoms with van der Waals surface area (Å²) in [4.78, 5) is 49.6. The molecule has 2 fully saturated rings. The molecule has 0 saturated heterocycles. The third-order valence-corrected chi connectivity index (χ3v) is 5.52. The maximum atomic E-state index is 12.9. The van der Waals surface area contributed by atoms with Crippen LogP contribution in [0.4, 0.5) is 0 Å². The number of ether oxygens (including phenoxy) is 2. The van der Waals surface area contributed by atoms with Crippen LogP contribution in [0.25, 0.3) is 0 Å². The van der Waals surface area contributed by atoms with E-state index in [-0.39, 0.29) is 30.4 Å². The van der Waals surface area contributed by atoms with Crippen LogP contribution in [-0.4, -0.2) is 42.4 Å².